The second-order valence-electron chi connectivity index (χ2n) is 4.06. The smallest absolute Gasteiger partial charge is 0.0613 e. The Morgan fingerprint density at radius 2 is 2.13 bits per heavy atom. The second-order valence-corrected chi connectivity index (χ2v) is 4.98. The number of rotatable bonds is 1. The SMILES string of the molecule is c1cc2ccsc2c(C2CCNCC2)n1. The van der Waals surface area contributed by atoms with Gasteiger partial charge in [-0.05, 0) is 48.8 Å². The lowest BCUT2D eigenvalue weighted by atomic mass is 9.94. The molecule has 0 saturated carbocycles. The van der Waals surface area contributed by atoms with Gasteiger partial charge in [-0.1, -0.05) is 0 Å². The van der Waals surface area contributed by atoms with Gasteiger partial charge < -0.3 is 5.32 Å². The first-order valence-electron chi connectivity index (χ1n) is 5.48. The van der Waals surface area contributed by atoms with E-state index in [1.807, 2.05) is 17.5 Å². The third kappa shape index (κ3) is 1.66. The average molecular weight is 218 g/mol. The molecule has 0 amide bonds. The number of thiophene rings is 1. The summed E-state index contributed by atoms with van der Waals surface area (Å²) in [5, 5.41) is 6.92. The summed E-state index contributed by atoms with van der Waals surface area (Å²) in [5.74, 6) is 0.661. The lowest BCUT2D eigenvalue weighted by Crippen LogP contribution is -2.27. The largest absolute Gasteiger partial charge is 0.317 e. The first kappa shape index (κ1) is 9.31. The van der Waals surface area contributed by atoms with E-state index in [1.165, 1.54) is 28.6 Å². The Morgan fingerprint density at radius 1 is 1.27 bits per heavy atom. The molecule has 0 aliphatic carbocycles. The summed E-state index contributed by atoms with van der Waals surface area (Å²) in [7, 11) is 0. The molecule has 1 aliphatic heterocycles. The van der Waals surface area contributed by atoms with Gasteiger partial charge in [0.25, 0.3) is 0 Å². The lowest BCUT2D eigenvalue weighted by molar-refractivity contribution is 0.456. The van der Waals surface area contributed by atoms with E-state index in [1.54, 1.807) is 0 Å². The zero-order chi connectivity index (χ0) is 10.1. The van der Waals surface area contributed by atoms with Gasteiger partial charge in [-0.3, -0.25) is 4.98 Å². The normalized spacial score (nSPS) is 18.4. The molecule has 0 aromatic carbocycles. The van der Waals surface area contributed by atoms with Crippen LogP contribution in [-0.4, -0.2) is 18.1 Å². The van der Waals surface area contributed by atoms with Crippen LogP contribution in [0.5, 0.6) is 0 Å². The van der Waals surface area contributed by atoms with Crippen molar-refractivity contribution in [3.05, 3.63) is 29.4 Å². The van der Waals surface area contributed by atoms with Gasteiger partial charge in [0, 0.05) is 12.1 Å². The summed E-state index contributed by atoms with van der Waals surface area (Å²) in [6.07, 6.45) is 4.40. The predicted molar refractivity (Wildman–Crippen MR) is 64.5 cm³/mol. The van der Waals surface area contributed by atoms with Crippen LogP contribution in [0.25, 0.3) is 10.1 Å². The minimum absolute atomic E-state index is 0.661. The summed E-state index contributed by atoms with van der Waals surface area (Å²) in [6, 6.07) is 4.29. The van der Waals surface area contributed by atoms with Gasteiger partial charge in [-0.25, -0.2) is 0 Å². The van der Waals surface area contributed by atoms with Crippen molar-refractivity contribution in [3.63, 3.8) is 0 Å². The van der Waals surface area contributed by atoms with E-state index < -0.39 is 0 Å². The molecule has 3 heterocycles. The Bertz CT molecular complexity index is 457. The third-order valence-corrected chi connectivity index (χ3v) is 4.07. The predicted octanol–water partition coefficient (Wildman–Crippen LogP) is 2.76. The van der Waals surface area contributed by atoms with Gasteiger partial charge in [0.1, 0.15) is 0 Å². The molecule has 0 spiro atoms. The van der Waals surface area contributed by atoms with E-state index in [2.05, 4.69) is 27.8 Å². The number of piperidine rings is 1. The fourth-order valence-electron chi connectivity index (χ4n) is 2.30. The first-order chi connectivity index (χ1) is 7.45. The van der Waals surface area contributed by atoms with Crippen molar-refractivity contribution in [2.24, 2.45) is 0 Å². The van der Waals surface area contributed by atoms with Crippen molar-refractivity contribution in [2.75, 3.05) is 13.1 Å². The van der Waals surface area contributed by atoms with Crippen LogP contribution in [0.4, 0.5) is 0 Å². The van der Waals surface area contributed by atoms with E-state index >= 15 is 0 Å². The van der Waals surface area contributed by atoms with Crippen LogP contribution in [0.15, 0.2) is 23.7 Å². The molecule has 15 heavy (non-hydrogen) atoms. The van der Waals surface area contributed by atoms with Crippen molar-refractivity contribution in [3.8, 4) is 0 Å². The minimum atomic E-state index is 0.661. The van der Waals surface area contributed by atoms with Crippen molar-refractivity contribution < 1.29 is 0 Å². The quantitative estimate of drug-likeness (QED) is 0.796. The van der Waals surface area contributed by atoms with Crippen molar-refractivity contribution in [1.29, 1.82) is 0 Å². The Labute approximate surface area is 93.3 Å². The minimum Gasteiger partial charge on any atom is -0.317 e. The second kappa shape index (κ2) is 3.91. The zero-order valence-corrected chi connectivity index (χ0v) is 9.39. The van der Waals surface area contributed by atoms with E-state index in [0.29, 0.717) is 5.92 Å². The monoisotopic (exact) mass is 218 g/mol. The fourth-order valence-corrected chi connectivity index (χ4v) is 3.26. The molecular weight excluding hydrogens is 204 g/mol. The maximum Gasteiger partial charge on any atom is 0.0613 e. The topological polar surface area (TPSA) is 24.9 Å². The van der Waals surface area contributed by atoms with Gasteiger partial charge >= 0.3 is 0 Å². The molecule has 3 rings (SSSR count). The van der Waals surface area contributed by atoms with Crippen molar-refractivity contribution in [1.82, 2.24) is 10.3 Å². The van der Waals surface area contributed by atoms with Crippen LogP contribution in [0.3, 0.4) is 0 Å². The van der Waals surface area contributed by atoms with Crippen LogP contribution >= 0.6 is 11.3 Å². The maximum atomic E-state index is 4.59. The third-order valence-electron chi connectivity index (χ3n) is 3.12. The summed E-state index contributed by atoms with van der Waals surface area (Å²) in [5.41, 5.74) is 1.32. The number of nitrogens with one attached hydrogen (secondary N) is 1. The summed E-state index contributed by atoms with van der Waals surface area (Å²) >= 11 is 1.82. The molecule has 0 bridgehead atoms. The Kier molecular flexibility index (Phi) is 2.43. The highest BCUT2D eigenvalue weighted by molar-refractivity contribution is 7.17. The molecule has 2 nitrogen and oxygen atoms in total. The number of nitrogens with zero attached hydrogens (tertiary/aromatic N) is 1. The van der Waals surface area contributed by atoms with Crippen molar-refractivity contribution >= 4 is 21.4 Å². The van der Waals surface area contributed by atoms with Crippen LogP contribution in [-0.2, 0) is 0 Å². The van der Waals surface area contributed by atoms with Gasteiger partial charge in [0.2, 0.25) is 0 Å². The highest BCUT2D eigenvalue weighted by atomic mass is 32.1. The van der Waals surface area contributed by atoms with Gasteiger partial charge in [0.05, 0.1) is 10.4 Å². The van der Waals surface area contributed by atoms with Gasteiger partial charge in [-0.15, -0.1) is 11.3 Å². The van der Waals surface area contributed by atoms with E-state index in [-0.39, 0.29) is 0 Å². The number of fused-ring (bicyclic) bond motifs is 1. The van der Waals surface area contributed by atoms with E-state index in [9.17, 15) is 0 Å². The number of aromatic nitrogens is 1. The summed E-state index contributed by atoms with van der Waals surface area (Å²) in [4.78, 5) is 4.59. The Hall–Kier alpha value is -0.930. The maximum absolute atomic E-state index is 4.59. The van der Waals surface area contributed by atoms with Crippen molar-refractivity contribution in [2.45, 2.75) is 18.8 Å². The molecule has 78 valence electrons. The zero-order valence-electron chi connectivity index (χ0n) is 8.57. The standard InChI is InChI=1S/C12H14N2S/c1-5-13-6-2-9(1)11-12-10(3-7-14-11)4-8-15-12/h3-4,7-9,13H,1-2,5-6H2. The lowest BCUT2D eigenvalue weighted by Gasteiger charge is -2.22. The molecular formula is C12H14N2S. The molecule has 2 aromatic heterocycles. The first-order valence-corrected chi connectivity index (χ1v) is 6.36. The summed E-state index contributed by atoms with van der Waals surface area (Å²) < 4.78 is 1.39. The van der Waals surface area contributed by atoms with E-state index in [0.717, 1.165) is 13.1 Å². The van der Waals surface area contributed by atoms with Gasteiger partial charge in [-0.2, -0.15) is 0 Å². The number of hydrogen-bond donors (Lipinski definition) is 1. The highest BCUT2D eigenvalue weighted by Gasteiger charge is 2.18. The fraction of sp³-hybridized carbons (Fsp3) is 0.417. The molecule has 1 saturated heterocycles. The average Bonchev–Trinajstić information content (AvgIpc) is 2.78. The van der Waals surface area contributed by atoms with Crippen LogP contribution in [0, 0.1) is 0 Å². The van der Waals surface area contributed by atoms with Crippen LogP contribution in [0.2, 0.25) is 0 Å². The number of hydrogen-bond acceptors (Lipinski definition) is 3. The molecule has 3 heteroatoms. The van der Waals surface area contributed by atoms with E-state index in [4.69, 9.17) is 0 Å². The molecule has 0 radical (unpaired) electrons. The summed E-state index contributed by atoms with van der Waals surface area (Å²) in [6.45, 7) is 2.27. The molecule has 2 aromatic rings. The molecule has 1 fully saturated rings. The molecule has 1 aliphatic rings. The Morgan fingerprint density at radius 3 is 3.00 bits per heavy atom. The Balaban J connectivity index is 2.05. The van der Waals surface area contributed by atoms with Crippen LogP contribution < -0.4 is 5.32 Å². The van der Waals surface area contributed by atoms with Crippen LogP contribution in [0.1, 0.15) is 24.5 Å². The number of pyridine rings is 1. The molecule has 0 unspecified atom stereocenters. The van der Waals surface area contributed by atoms with Gasteiger partial charge in [0.15, 0.2) is 0 Å². The molecule has 0 atom stereocenters. The highest BCUT2D eigenvalue weighted by Crippen LogP contribution is 2.32. The molecule has 1 N–H and O–H groups in total.